The number of benzene rings is 1. The first-order valence-electron chi connectivity index (χ1n) is 5.25. The average Bonchev–Trinajstić information content (AvgIpc) is 2.40. The number of anilines is 1. The molecule has 0 fully saturated rings. The smallest absolute Gasteiger partial charge is 0.257 e. The maximum absolute atomic E-state index is 13.4. The first-order valence-corrected chi connectivity index (χ1v) is 5.25. The molecule has 0 saturated carbocycles. The summed E-state index contributed by atoms with van der Waals surface area (Å²) in [4.78, 5) is 15.6. The van der Waals surface area contributed by atoms with Crippen LogP contribution in [0, 0.1) is 5.82 Å². The molecule has 0 radical (unpaired) electrons. The second-order valence-electron chi connectivity index (χ2n) is 3.55. The molecule has 0 unspecified atom stereocenters. The second kappa shape index (κ2) is 5.27. The van der Waals surface area contributed by atoms with Gasteiger partial charge in [-0.3, -0.25) is 9.78 Å². The standard InChI is InChI=1S/C13H11FN2O2/c1-18-12-5-4-10(7-11(12)14)16-13(17)9-3-2-6-15-8-9/h2-8H,1H3,(H,16,17). The molecule has 0 aliphatic rings. The fraction of sp³-hybridized carbons (Fsp3) is 0.0769. The third kappa shape index (κ3) is 2.63. The molecule has 1 heterocycles. The molecule has 0 aliphatic carbocycles. The molecule has 0 aliphatic heterocycles. The highest BCUT2D eigenvalue weighted by atomic mass is 19.1. The van der Waals surface area contributed by atoms with Crippen molar-refractivity contribution in [2.24, 2.45) is 0 Å². The van der Waals surface area contributed by atoms with Gasteiger partial charge in [-0.25, -0.2) is 4.39 Å². The van der Waals surface area contributed by atoms with Crippen molar-refractivity contribution in [3.8, 4) is 5.75 Å². The minimum absolute atomic E-state index is 0.134. The molecule has 2 aromatic rings. The van der Waals surface area contributed by atoms with E-state index in [0.717, 1.165) is 0 Å². The minimum Gasteiger partial charge on any atom is -0.494 e. The highest BCUT2D eigenvalue weighted by Crippen LogP contribution is 2.20. The Morgan fingerprint density at radius 3 is 2.83 bits per heavy atom. The van der Waals surface area contributed by atoms with Crippen LogP contribution in [0.3, 0.4) is 0 Å². The summed E-state index contributed by atoms with van der Waals surface area (Å²) in [5.41, 5.74) is 0.774. The van der Waals surface area contributed by atoms with E-state index in [9.17, 15) is 9.18 Å². The number of nitrogens with one attached hydrogen (secondary N) is 1. The van der Waals surface area contributed by atoms with E-state index in [1.807, 2.05) is 0 Å². The van der Waals surface area contributed by atoms with E-state index in [1.54, 1.807) is 24.4 Å². The Morgan fingerprint density at radius 2 is 2.22 bits per heavy atom. The Kier molecular flexibility index (Phi) is 3.52. The summed E-state index contributed by atoms with van der Waals surface area (Å²) in [7, 11) is 1.38. The Morgan fingerprint density at radius 1 is 1.39 bits per heavy atom. The van der Waals surface area contributed by atoms with E-state index in [2.05, 4.69) is 10.3 Å². The van der Waals surface area contributed by atoms with Crippen molar-refractivity contribution >= 4 is 11.6 Å². The number of nitrogens with zero attached hydrogens (tertiary/aromatic N) is 1. The van der Waals surface area contributed by atoms with Crippen molar-refractivity contribution in [1.29, 1.82) is 0 Å². The van der Waals surface area contributed by atoms with Crippen LogP contribution in [0.1, 0.15) is 10.4 Å². The number of halogens is 1. The molecule has 1 aromatic heterocycles. The highest BCUT2D eigenvalue weighted by Gasteiger charge is 2.08. The topological polar surface area (TPSA) is 51.2 Å². The van der Waals surface area contributed by atoms with Gasteiger partial charge in [0.05, 0.1) is 12.7 Å². The van der Waals surface area contributed by atoms with Crippen molar-refractivity contribution in [1.82, 2.24) is 4.98 Å². The first kappa shape index (κ1) is 12.0. The number of pyridine rings is 1. The first-order chi connectivity index (χ1) is 8.70. The Hall–Kier alpha value is -2.43. The van der Waals surface area contributed by atoms with Crippen LogP contribution in [0.15, 0.2) is 42.7 Å². The predicted molar refractivity (Wildman–Crippen MR) is 65.1 cm³/mol. The van der Waals surface area contributed by atoms with Gasteiger partial charge in [0.15, 0.2) is 11.6 Å². The summed E-state index contributed by atoms with van der Waals surface area (Å²) in [6, 6.07) is 7.50. The molecule has 0 atom stereocenters. The largest absolute Gasteiger partial charge is 0.494 e. The number of rotatable bonds is 3. The monoisotopic (exact) mass is 246 g/mol. The van der Waals surface area contributed by atoms with E-state index in [0.29, 0.717) is 11.3 Å². The zero-order valence-corrected chi connectivity index (χ0v) is 9.68. The molecule has 2 rings (SSSR count). The van der Waals surface area contributed by atoms with Gasteiger partial charge in [-0.1, -0.05) is 0 Å². The lowest BCUT2D eigenvalue weighted by Gasteiger charge is -2.07. The zero-order valence-electron chi connectivity index (χ0n) is 9.68. The van der Waals surface area contributed by atoms with Crippen LogP contribution in [0.5, 0.6) is 5.75 Å². The Labute approximate surface area is 103 Å². The van der Waals surface area contributed by atoms with Crippen LogP contribution in [0.2, 0.25) is 0 Å². The lowest BCUT2D eigenvalue weighted by Crippen LogP contribution is -2.12. The summed E-state index contributed by atoms with van der Waals surface area (Å²) in [5, 5.41) is 2.58. The highest BCUT2D eigenvalue weighted by molar-refractivity contribution is 6.04. The predicted octanol–water partition coefficient (Wildman–Crippen LogP) is 2.48. The van der Waals surface area contributed by atoms with Gasteiger partial charge in [-0.05, 0) is 24.3 Å². The number of amides is 1. The summed E-state index contributed by atoms with van der Waals surface area (Å²) in [5.74, 6) is -0.733. The normalized spacial score (nSPS) is 9.89. The number of carbonyl (C=O) groups excluding carboxylic acids is 1. The van der Waals surface area contributed by atoms with E-state index in [-0.39, 0.29) is 11.7 Å². The van der Waals surface area contributed by atoms with Crippen LogP contribution in [-0.4, -0.2) is 18.0 Å². The summed E-state index contributed by atoms with van der Waals surface area (Å²) in [6.07, 6.45) is 3.01. The number of methoxy groups -OCH3 is 1. The van der Waals surface area contributed by atoms with Crippen LogP contribution < -0.4 is 10.1 Å². The molecule has 5 heteroatoms. The summed E-state index contributed by atoms with van der Waals surface area (Å²) in [6.45, 7) is 0. The molecule has 0 bridgehead atoms. The van der Waals surface area contributed by atoms with Crippen LogP contribution in [0.25, 0.3) is 0 Å². The van der Waals surface area contributed by atoms with Crippen LogP contribution in [-0.2, 0) is 0 Å². The Balaban J connectivity index is 2.15. The van der Waals surface area contributed by atoms with Crippen molar-refractivity contribution in [2.45, 2.75) is 0 Å². The van der Waals surface area contributed by atoms with Gasteiger partial charge in [0.25, 0.3) is 5.91 Å². The third-order valence-corrected chi connectivity index (χ3v) is 2.33. The summed E-state index contributed by atoms with van der Waals surface area (Å²) < 4.78 is 18.2. The molecular formula is C13H11FN2O2. The van der Waals surface area contributed by atoms with Crippen molar-refractivity contribution in [2.75, 3.05) is 12.4 Å². The van der Waals surface area contributed by atoms with E-state index >= 15 is 0 Å². The molecule has 92 valence electrons. The number of aromatic nitrogens is 1. The van der Waals surface area contributed by atoms with Gasteiger partial charge in [0.1, 0.15) is 0 Å². The number of ether oxygens (including phenoxy) is 1. The molecule has 0 spiro atoms. The van der Waals surface area contributed by atoms with Gasteiger partial charge < -0.3 is 10.1 Å². The quantitative estimate of drug-likeness (QED) is 0.905. The fourth-order valence-corrected chi connectivity index (χ4v) is 1.44. The number of carbonyl (C=O) groups is 1. The maximum atomic E-state index is 13.4. The molecule has 1 N–H and O–H groups in total. The number of hydrogen-bond acceptors (Lipinski definition) is 3. The van der Waals surface area contributed by atoms with Crippen LogP contribution in [0.4, 0.5) is 10.1 Å². The fourth-order valence-electron chi connectivity index (χ4n) is 1.44. The van der Waals surface area contributed by atoms with Gasteiger partial charge in [0, 0.05) is 24.1 Å². The van der Waals surface area contributed by atoms with Gasteiger partial charge in [0.2, 0.25) is 0 Å². The van der Waals surface area contributed by atoms with E-state index in [1.165, 1.54) is 25.4 Å². The van der Waals surface area contributed by atoms with Crippen molar-refractivity contribution < 1.29 is 13.9 Å². The van der Waals surface area contributed by atoms with Crippen LogP contribution >= 0.6 is 0 Å². The second-order valence-corrected chi connectivity index (χ2v) is 3.55. The lowest BCUT2D eigenvalue weighted by molar-refractivity contribution is 0.102. The molecule has 18 heavy (non-hydrogen) atoms. The van der Waals surface area contributed by atoms with Gasteiger partial charge >= 0.3 is 0 Å². The maximum Gasteiger partial charge on any atom is 0.257 e. The van der Waals surface area contributed by atoms with Gasteiger partial charge in [-0.15, -0.1) is 0 Å². The van der Waals surface area contributed by atoms with Crippen molar-refractivity contribution in [3.05, 3.63) is 54.1 Å². The molecule has 0 saturated heterocycles. The molecule has 4 nitrogen and oxygen atoms in total. The third-order valence-electron chi connectivity index (χ3n) is 2.33. The summed E-state index contributed by atoms with van der Waals surface area (Å²) >= 11 is 0. The molecule has 1 aromatic carbocycles. The zero-order chi connectivity index (χ0) is 13.0. The van der Waals surface area contributed by atoms with E-state index in [4.69, 9.17) is 4.74 Å². The van der Waals surface area contributed by atoms with Gasteiger partial charge in [-0.2, -0.15) is 0 Å². The lowest BCUT2D eigenvalue weighted by atomic mass is 10.2. The van der Waals surface area contributed by atoms with Crippen molar-refractivity contribution in [3.63, 3.8) is 0 Å². The molecular weight excluding hydrogens is 235 g/mol. The molecule has 1 amide bonds. The minimum atomic E-state index is -0.526. The number of hydrogen-bond donors (Lipinski definition) is 1. The Bertz CT molecular complexity index is 558. The van der Waals surface area contributed by atoms with E-state index < -0.39 is 5.82 Å². The average molecular weight is 246 g/mol. The SMILES string of the molecule is COc1ccc(NC(=O)c2cccnc2)cc1F.